The Morgan fingerprint density at radius 3 is 1.07 bits per heavy atom. The van der Waals surface area contributed by atoms with E-state index < -0.39 is 99.2 Å². The third kappa shape index (κ3) is 35.5. The minimum atomic E-state index is -5.78. The van der Waals surface area contributed by atoms with Crippen LogP contribution in [-0.4, -0.2) is 142 Å². The van der Waals surface area contributed by atoms with Gasteiger partial charge in [-0.15, -0.1) is 0 Å². The van der Waals surface area contributed by atoms with Gasteiger partial charge < -0.3 is 53.9 Å². The fourth-order valence-corrected chi connectivity index (χ4v) is 10.3. The number of rotatable bonds is 42. The molecular formula is C41H82NaO22P4. The quantitative estimate of drug-likeness (QED) is 0.0122. The smallest absolute Gasteiger partial charge is 0.462 e. The van der Waals surface area contributed by atoms with Crippen molar-refractivity contribution in [3.63, 3.8) is 0 Å². The van der Waals surface area contributed by atoms with Crippen LogP contribution in [0.4, 0.5) is 0 Å². The van der Waals surface area contributed by atoms with Crippen LogP contribution in [0.3, 0.4) is 0 Å². The summed E-state index contributed by atoms with van der Waals surface area (Å²) in [6, 6.07) is 0. The second kappa shape index (κ2) is 37.9. The molecule has 1 rings (SSSR count). The molecule has 0 aromatic rings. The Labute approximate surface area is 424 Å². The van der Waals surface area contributed by atoms with E-state index in [0.29, 0.717) is 12.8 Å². The van der Waals surface area contributed by atoms with Gasteiger partial charge in [-0.05, 0) is 12.8 Å². The molecule has 1 radical (unpaired) electrons. The van der Waals surface area contributed by atoms with Crippen LogP contribution in [0.5, 0.6) is 0 Å². The summed E-state index contributed by atoms with van der Waals surface area (Å²) in [6.45, 7) is 2.75. The number of phosphoric acid groups is 4. The zero-order chi connectivity index (χ0) is 50.4. The SMILES string of the molecule is CCCCCCCCCCCCCCCC(=O)OCC(COP(=O)(O)OC1C(O)C(OP(=O)(O)O)C(OP(=O)(O)O)C(OP(=O)(O)O)C1O)OC(=O)CCCCCCCCCCCCCCC.[Na]. The fourth-order valence-electron chi connectivity index (χ4n) is 7.67. The van der Waals surface area contributed by atoms with Crippen molar-refractivity contribution in [1.29, 1.82) is 0 Å². The molecule has 1 aliphatic carbocycles. The largest absolute Gasteiger partial charge is 0.472 e. The van der Waals surface area contributed by atoms with Gasteiger partial charge in [0.05, 0.1) is 6.61 Å². The Balaban J connectivity index is 0.0000449. The Morgan fingerprint density at radius 2 is 0.735 bits per heavy atom. The summed E-state index contributed by atoms with van der Waals surface area (Å²) in [5.74, 6) is -1.39. The molecule has 0 saturated heterocycles. The first-order chi connectivity index (χ1) is 31.5. The van der Waals surface area contributed by atoms with Crippen molar-refractivity contribution >= 4 is 72.8 Å². The molecule has 6 unspecified atom stereocenters. The topological polar surface area (TPSA) is 349 Å². The first kappa shape index (κ1) is 68.3. The monoisotopic (exact) mass is 1070 g/mol. The van der Waals surface area contributed by atoms with Gasteiger partial charge in [0.2, 0.25) is 0 Å². The van der Waals surface area contributed by atoms with Gasteiger partial charge in [0.25, 0.3) is 0 Å². The maximum atomic E-state index is 13.3. The molecule has 22 nitrogen and oxygen atoms in total. The van der Waals surface area contributed by atoms with Gasteiger partial charge in [0, 0.05) is 42.4 Å². The number of carbonyl (C=O) groups excluding carboxylic acids is 2. The molecule has 1 aliphatic rings. The average Bonchev–Trinajstić information content (AvgIpc) is 3.22. The minimum absolute atomic E-state index is 0. The molecule has 0 spiro atoms. The van der Waals surface area contributed by atoms with E-state index in [1.165, 1.54) is 89.9 Å². The van der Waals surface area contributed by atoms with Crippen molar-refractivity contribution < 1.29 is 104 Å². The number of ether oxygens (including phenoxy) is 2. The summed E-state index contributed by atoms with van der Waals surface area (Å²) in [7, 11) is -23.0. The van der Waals surface area contributed by atoms with Crippen LogP contribution < -0.4 is 0 Å². The van der Waals surface area contributed by atoms with Crippen molar-refractivity contribution in [2.24, 2.45) is 0 Å². The molecule has 1 saturated carbocycles. The zero-order valence-corrected chi connectivity index (χ0v) is 46.0. The van der Waals surface area contributed by atoms with E-state index in [0.717, 1.165) is 64.2 Å². The van der Waals surface area contributed by atoms with E-state index in [1.54, 1.807) is 0 Å². The molecule has 27 heteroatoms. The molecule has 0 aromatic carbocycles. The molecule has 9 N–H and O–H groups in total. The summed E-state index contributed by atoms with van der Waals surface area (Å²) in [5.41, 5.74) is 0. The number of unbranched alkanes of at least 4 members (excludes halogenated alkanes) is 24. The van der Waals surface area contributed by atoms with Gasteiger partial charge in [-0.1, -0.05) is 168 Å². The number of hydrogen-bond acceptors (Lipinski definition) is 15. The van der Waals surface area contributed by atoms with Crippen molar-refractivity contribution in [2.75, 3.05) is 13.2 Å². The fraction of sp³-hybridized carbons (Fsp3) is 0.951. The Kier molecular flexibility index (Phi) is 38.1. The van der Waals surface area contributed by atoms with E-state index in [4.69, 9.17) is 18.5 Å². The van der Waals surface area contributed by atoms with Gasteiger partial charge >= 0.3 is 43.2 Å². The van der Waals surface area contributed by atoms with Crippen LogP contribution in [0.15, 0.2) is 0 Å². The van der Waals surface area contributed by atoms with Crippen LogP contribution in [0, 0.1) is 0 Å². The number of aliphatic hydroxyl groups is 2. The van der Waals surface area contributed by atoms with Gasteiger partial charge in [-0.25, -0.2) is 18.3 Å². The second-order valence-corrected chi connectivity index (χ2v) is 22.3. The summed E-state index contributed by atoms with van der Waals surface area (Å²) in [5, 5.41) is 21.8. The third-order valence-corrected chi connectivity index (χ3v) is 13.7. The normalized spacial score (nSPS) is 21.5. The molecule has 0 aliphatic heterocycles. The van der Waals surface area contributed by atoms with E-state index >= 15 is 0 Å². The molecule has 6 atom stereocenters. The number of phosphoric ester groups is 4. The van der Waals surface area contributed by atoms with Crippen molar-refractivity contribution in [1.82, 2.24) is 0 Å². The van der Waals surface area contributed by atoms with Crippen LogP contribution >= 0.6 is 31.3 Å². The van der Waals surface area contributed by atoms with Gasteiger partial charge in [-0.2, -0.15) is 0 Å². The molecule has 0 bridgehead atoms. The van der Waals surface area contributed by atoms with Gasteiger partial charge in [0.1, 0.15) is 43.2 Å². The molecule has 399 valence electrons. The van der Waals surface area contributed by atoms with E-state index in [9.17, 15) is 72.3 Å². The maximum absolute atomic E-state index is 13.3. The van der Waals surface area contributed by atoms with Crippen LogP contribution in [-0.2, 0) is 59.9 Å². The first-order valence-corrected chi connectivity index (χ1v) is 30.2. The maximum Gasteiger partial charge on any atom is 0.472 e. The van der Waals surface area contributed by atoms with E-state index in [-0.39, 0.29) is 42.4 Å². The summed E-state index contributed by atoms with van der Waals surface area (Å²) < 4.78 is 82.1. The van der Waals surface area contributed by atoms with Crippen LogP contribution in [0.1, 0.15) is 194 Å². The Hall–Kier alpha value is 0.300. The second-order valence-electron chi connectivity index (χ2n) is 17.3. The number of aliphatic hydroxyl groups excluding tert-OH is 2. The predicted molar refractivity (Wildman–Crippen MR) is 251 cm³/mol. The van der Waals surface area contributed by atoms with Gasteiger partial charge in [0.15, 0.2) is 6.10 Å². The Bertz CT molecular complexity index is 1490. The van der Waals surface area contributed by atoms with Crippen molar-refractivity contribution in [3.8, 4) is 0 Å². The number of carbonyl (C=O) groups is 2. The van der Waals surface area contributed by atoms with E-state index in [2.05, 4.69) is 27.4 Å². The Morgan fingerprint density at radius 1 is 0.426 bits per heavy atom. The standard InChI is InChI=1S/C41H82O22P4.Na/c1-3-5-7-9-11-13-15-17-19-21-23-25-27-29-34(42)57-31-33(59-35(43)30-28-26-24-22-20-18-16-14-12-10-8-6-4-2)32-58-67(55,56)63-38-36(44)39(60-64(46,47)48)41(62-66(52,53)54)40(37(38)45)61-65(49,50)51;/h33,36-41,44-45H,3-32H2,1-2H3,(H,55,56)(H2,46,47,48)(H2,49,50,51)(H2,52,53,54);. The van der Waals surface area contributed by atoms with Crippen molar-refractivity contribution in [3.05, 3.63) is 0 Å². The van der Waals surface area contributed by atoms with E-state index in [1.807, 2.05) is 0 Å². The first-order valence-electron chi connectivity index (χ1n) is 24.1. The molecule has 68 heavy (non-hydrogen) atoms. The zero-order valence-electron chi connectivity index (χ0n) is 40.4. The summed E-state index contributed by atoms with van der Waals surface area (Å²) >= 11 is 0. The molecule has 0 aromatic heterocycles. The molecular weight excluding hydrogens is 991 g/mol. The van der Waals surface area contributed by atoms with Crippen LogP contribution in [0.25, 0.3) is 0 Å². The summed E-state index contributed by atoms with van der Waals surface area (Å²) in [6.07, 6.45) is 10.4. The predicted octanol–water partition coefficient (Wildman–Crippen LogP) is 7.69. The van der Waals surface area contributed by atoms with Crippen LogP contribution in [0.2, 0.25) is 0 Å². The van der Waals surface area contributed by atoms with Gasteiger partial charge in [-0.3, -0.25) is 32.2 Å². The minimum Gasteiger partial charge on any atom is -0.462 e. The van der Waals surface area contributed by atoms with Crippen molar-refractivity contribution in [2.45, 2.75) is 236 Å². The number of esters is 2. The molecule has 0 amide bonds. The summed E-state index contributed by atoms with van der Waals surface area (Å²) in [4.78, 5) is 92.7. The molecule has 1 fully saturated rings. The average molecular weight is 1070 g/mol. The third-order valence-electron chi connectivity index (χ3n) is 11.1. The number of hydrogen-bond donors (Lipinski definition) is 9. The molecule has 0 heterocycles.